The van der Waals surface area contributed by atoms with Crippen LogP contribution in [0.25, 0.3) is 0 Å². The molecule has 0 amide bonds. The average molecular weight is 666 g/mol. The summed E-state index contributed by atoms with van der Waals surface area (Å²) >= 11 is 1.66. The predicted molar refractivity (Wildman–Crippen MR) is 173 cm³/mol. The number of aliphatic hydroxyl groups excluding tert-OH is 2. The van der Waals surface area contributed by atoms with Gasteiger partial charge in [-0.15, -0.1) is 11.8 Å². The number of carbonyl (C=O) groups is 2. The van der Waals surface area contributed by atoms with Gasteiger partial charge in [0.2, 0.25) is 0 Å². The highest BCUT2D eigenvalue weighted by atomic mass is 32.2. The first-order valence-corrected chi connectivity index (χ1v) is 17.2. The number of rotatable bonds is 7. The number of hydroxylamine groups is 2. The number of carbonyl (C=O) groups excluding carboxylic acids is 2. The van der Waals surface area contributed by atoms with Crippen molar-refractivity contribution in [2.75, 3.05) is 13.2 Å². The number of benzene rings is 2. The van der Waals surface area contributed by atoms with E-state index in [1.54, 1.807) is 35.9 Å². The van der Waals surface area contributed by atoms with Crippen molar-refractivity contribution < 1.29 is 38.5 Å². The van der Waals surface area contributed by atoms with Gasteiger partial charge < -0.3 is 15.3 Å². The van der Waals surface area contributed by atoms with Crippen molar-refractivity contribution in [3.05, 3.63) is 83.5 Å². The lowest BCUT2D eigenvalue weighted by Crippen LogP contribution is -2.73. The summed E-state index contributed by atoms with van der Waals surface area (Å²) in [5.41, 5.74) is -5.28. The maximum absolute atomic E-state index is 17.8. The molecule has 7 nitrogen and oxygen atoms in total. The lowest BCUT2D eigenvalue weighted by molar-refractivity contribution is -0.289. The van der Waals surface area contributed by atoms with Crippen molar-refractivity contribution in [1.82, 2.24) is 5.06 Å². The Labute approximate surface area is 277 Å². The molecule has 10 heteroatoms. The summed E-state index contributed by atoms with van der Waals surface area (Å²) in [6, 6.07) is 15.2. The van der Waals surface area contributed by atoms with Crippen LogP contribution < -0.4 is 0 Å². The quantitative estimate of drug-likeness (QED) is 0.325. The second-order valence-corrected chi connectivity index (χ2v) is 15.8. The molecule has 250 valence electrons. The first kappa shape index (κ1) is 32.6. The lowest BCUT2D eigenvalue weighted by atomic mass is 9.39. The molecule has 0 aromatic heterocycles. The van der Waals surface area contributed by atoms with Crippen molar-refractivity contribution in [1.29, 1.82) is 0 Å². The third-order valence-electron chi connectivity index (χ3n) is 12.6. The number of alkyl halides is 2. The Balaban J connectivity index is 1.15. The molecular weight excluding hydrogens is 624 g/mol. The van der Waals surface area contributed by atoms with Crippen LogP contribution in [0.2, 0.25) is 0 Å². The molecule has 0 spiro atoms. The monoisotopic (exact) mass is 665 g/mol. The fraction of sp³-hybridized carbons (Fsp3) is 0.514. The van der Waals surface area contributed by atoms with E-state index in [0.717, 1.165) is 21.8 Å². The number of halogens is 2. The molecule has 1 saturated heterocycles. The Morgan fingerprint density at radius 2 is 1.74 bits per heavy atom. The Hall–Kier alpha value is -2.89. The van der Waals surface area contributed by atoms with Gasteiger partial charge in [-0.1, -0.05) is 44.2 Å². The molecule has 1 heterocycles. The van der Waals surface area contributed by atoms with Crippen molar-refractivity contribution in [2.24, 2.45) is 28.1 Å². The maximum Gasteiger partial charge on any atom is 0.192 e. The minimum atomic E-state index is -2.28. The Morgan fingerprint density at radius 1 is 1.06 bits per heavy atom. The molecule has 1 aliphatic heterocycles. The zero-order valence-corrected chi connectivity index (χ0v) is 27.6. The van der Waals surface area contributed by atoms with Crippen LogP contribution in [0.4, 0.5) is 8.78 Å². The molecule has 5 aliphatic rings. The van der Waals surface area contributed by atoms with Gasteiger partial charge in [0.15, 0.2) is 22.8 Å². The molecule has 4 fully saturated rings. The average Bonchev–Trinajstić information content (AvgIpc) is 3.49. The predicted octanol–water partition coefficient (Wildman–Crippen LogP) is 5.67. The van der Waals surface area contributed by atoms with Crippen LogP contribution in [0, 0.1) is 28.1 Å². The fourth-order valence-corrected chi connectivity index (χ4v) is 11.0. The van der Waals surface area contributed by atoms with E-state index in [0.29, 0.717) is 19.5 Å². The van der Waals surface area contributed by atoms with E-state index in [1.165, 1.54) is 18.2 Å². The molecule has 0 unspecified atom stereocenters. The molecule has 0 radical (unpaired) electrons. The number of Topliss-reactive ketones (excluding diaryl/α,β-unsaturated/α-hetero) is 1. The second-order valence-electron chi connectivity index (χ2n) is 14.8. The number of thioether (sulfide) groups is 1. The van der Waals surface area contributed by atoms with Crippen molar-refractivity contribution in [3.8, 4) is 5.75 Å². The van der Waals surface area contributed by atoms with E-state index in [9.17, 15) is 24.9 Å². The lowest BCUT2D eigenvalue weighted by Gasteiger charge is -2.67. The summed E-state index contributed by atoms with van der Waals surface area (Å²) in [6.45, 7) is 5.27. The van der Waals surface area contributed by atoms with Gasteiger partial charge in [0, 0.05) is 46.4 Å². The largest absolute Gasteiger partial charge is 0.508 e. The van der Waals surface area contributed by atoms with E-state index in [4.69, 9.17) is 4.84 Å². The number of allylic oxidation sites excluding steroid dienone is 4. The molecule has 2 aromatic rings. The number of hydrogen-bond acceptors (Lipinski definition) is 8. The smallest absolute Gasteiger partial charge is 0.192 e. The Morgan fingerprint density at radius 3 is 2.43 bits per heavy atom. The standard InChI is InChI=1S/C37H41F2NO6S/c1-33-13-12-26(43)14-28(33)29(38)15-30-34(2)16-24-19-40(46-37(24,32(45)20-41)35(34,3)17-31(44)36(30,33)39)18-22-4-6-23(7-5-22)21-47-27-10-8-25(42)9-11-27/h4-14,24,29-31,41-42,44H,15-21H2,1-3H3/t24-,29-,30-,31-,33-,34-,35-,36-,37-/m0/s1. The van der Waals surface area contributed by atoms with Gasteiger partial charge in [0.05, 0.1) is 6.10 Å². The van der Waals surface area contributed by atoms with Gasteiger partial charge >= 0.3 is 0 Å². The molecule has 2 aromatic carbocycles. The van der Waals surface area contributed by atoms with Gasteiger partial charge in [0.25, 0.3) is 0 Å². The van der Waals surface area contributed by atoms with Gasteiger partial charge in [-0.05, 0) is 84.7 Å². The van der Waals surface area contributed by atoms with Crippen LogP contribution in [0.15, 0.2) is 77.2 Å². The first-order chi connectivity index (χ1) is 22.2. The molecule has 3 N–H and O–H groups in total. The van der Waals surface area contributed by atoms with Crippen LogP contribution in [-0.4, -0.2) is 68.6 Å². The Kier molecular flexibility index (Phi) is 7.69. The van der Waals surface area contributed by atoms with Crippen molar-refractivity contribution in [3.63, 3.8) is 0 Å². The molecule has 9 atom stereocenters. The summed E-state index contributed by atoms with van der Waals surface area (Å²) in [7, 11) is 0. The minimum Gasteiger partial charge on any atom is -0.508 e. The zero-order chi connectivity index (χ0) is 33.6. The van der Waals surface area contributed by atoms with Gasteiger partial charge in [-0.25, -0.2) is 8.78 Å². The number of aromatic hydroxyl groups is 1. The van der Waals surface area contributed by atoms with Crippen LogP contribution in [-0.2, 0) is 26.7 Å². The van der Waals surface area contributed by atoms with Gasteiger partial charge in [-0.2, -0.15) is 5.06 Å². The molecule has 3 saturated carbocycles. The molecule has 0 bridgehead atoms. The SMILES string of the molecule is C[C@]12C[C@H](O)[C@@]3(F)[C@@H](C[C@H](F)C4=CC(=O)C=C[C@@]43C)[C@]1(C)C[C@H]1CN(Cc3ccc(CSc4ccc(O)cc4)cc3)O[C@]12C(=O)CO. The highest BCUT2D eigenvalue weighted by Crippen LogP contribution is 2.77. The first-order valence-electron chi connectivity index (χ1n) is 16.3. The highest BCUT2D eigenvalue weighted by Gasteiger charge is 2.83. The third kappa shape index (κ3) is 4.44. The third-order valence-corrected chi connectivity index (χ3v) is 13.7. The van der Waals surface area contributed by atoms with E-state index >= 15 is 8.78 Å². The minimum absolute atomic E-state index is 0.0572. The van der Waals surface area contributed by atoms with Crippen LogP contribution in [0.1, 0.15) is 51.2 Å². The number of hydrogen-bond donors (Lipinski definition) is 3. The maximum atomic E-state index is 17.8. The van der Waals surface area contributed by atoms with E-state index < -0.39 is 69.8 Å². The summed E-state index contributed by atoms with van der Waals surface area (Å²) in [6.07, 6.45) is 0.694. The number of nitrogens with zero attached hydrogens (tertiary/aromatic N) is 1. The van der Waals surface area contributed by atoms with Crippen LogP contribution >= 0.6 is 11.8 Å². The molecular formula is C37H41F2NO6S. The highest BCUT2D eigenvalue weighted by molar-refractivity contribution is 7.98. The van der Waals surface area contributed by atoms with Crippen molar-refractivity contribution >= 4 is 23.3 Å². The normalized spacial score (nSPS) is 40.7. The summed E-state index contributed by atoms with van der Waals surface area (Å²) < 4.78 is 33.8. The number of ketones is 2. The van der Waals surface area contributed by atoms with E-state index in [2.05, 4.69) is 0 Å². The van der Waals surface area contributed by atoms with E-state index in [-0.39, 0.29) is 24.2 Å². The molecule has 47 heavy (non-hydrogen) atoms. The number of fused-ring (bicyclic) bond motifs is 7. The number of phenols is 1. The zero-order valence-electron chi connectivity index (χ0n) is 26.8. The van der Waals surface area contributed by atoms with Crippen LogP contribution in [0.3, 0.4) is 0 Å². The second kappa shape index (κ2) is 11.1. The number of aliphatic hydroxyl groups is 2. The molecule has 4 aliphatic carbocycles. The molecule has 7 rings (SSSR count). The Bertz CT molecular complexity index is 1670. The van der Waals surface area contributed by atoms with Crippen molar-refractivity contribution in [2.45, 2.75) is 80.8 Å². The van der Waals surface area contributed by atoms with Gasteiger partial charge in [0.1, 0.15) is 18.5 Å². The summed E-state index contributed by atoms with van der Waals surface area (Å²) in [5.74, 6) is -1.33. The van der Waals surface area contributed by atoms with E-state index in [1.807, 2.05) is 50.2 Å². The number of phenolic OH excluding ortho intramolecular Hbond substituents is 1. The fourth-order valence-electron chi connectivity index (χ4n) is 10.1. The van der Waals surface area contributed by atoms with Gasteiger partial charge in [-0.3, -0.25) is 14.4 Å². The summed E-state index contributed by atoms with van der Waals surface area (Å²) in [4.78, 5) is 33.8. The topological polar surface area (TPSA) is 107 Å². The summed E-state index contributed by atoms with van der Waals surface area (Å²) in [5, 5.41) is 33.3. The van der Waals surface area contributed by atoms with Crippen LogP contribution in [0.5, 0.6) is 5.75 Å².